The van der Waals surface area contributed by atoms with Gasteiger partial charge in [-0.05, 0) is 57.9 Å². The van der Waals surface area contributed by atoms with Gasteiger partial charge in [-0.2, -0.15) is 0 Å². The fraction of sp³-hybridized carbons (Fsp3) is 0.375. The van der Waals surface area contributed by atoms with Crippen LogP contribution in [-0.2, 0) is 6.42 Å². The Morgan fingerprint density at radius 1 is 1.21 bits per heavy atom. The molecule has 0 saturated heterocycles. The van der Waals surface area contributed by atoms with Crippen LogP contribution in [-0.4, -0.2) is 0 Å². The Bertz CT molecular complexity index is 523. The number of benzene rings is 1. The summed E-state index contributed by atoms with van der Waals surface area (Å²) in [5.74, 6) is 0.690. The van der Waals surface area contributed by atoms with Crippen molar-refractivity contribution in [2.24, 2.45) is 11.7 Å². The van der Waals surface area contributed by atoms with Crippen molar-refractivity contribution in [2.75, 3.05) is 0 Å². The summed E-state index contributed by atoms with van der Waals surface area (Å²) in [5.41, 5.74) is 10.2. The molecule has 0 bridgehead atoms. The molecule has 1 aromatic heterocycles. The standard InChI is InChI=1S/C16H20BrNS/c1-10(2)8-12-4-6-13(7-5-12)15(18)14-9-11(3)16(17)19-14/h4-7,9-10,15H,8,18H2,1-3H3. The zero-order chi connectivity index (χ0) is 14.0. The van der Waals surface area contributed by atoms with Crippen molar-refractivity contribution in [3.63, 3.8) is 0 Å². The minimum Gasteiger partial charge on any atom is -0.320 e. The normalized spacial score (nSPS) is 12.9. The largest absolute Gasteiger partial charge is 0.320 e. The number of thiophene rings is 1. The van der Waals surface area contributed by atoms with Gasteiger partial charge in [-0.25, -0.2) is 0 Å². The van der Waals surface area contributed by atoms with Crippen LogP contribution in [0.25, 0.3) is 0 Å². The summed E-state index contributed by atoms with van der Waals surface area (Å²) in [4.78, 5) is 1.21. The molecule has 0 spiro atoms. The molecule has 1 unspecified atom stereocenters. The second-order valence-corrected chi connectivity index (χ2v) is 7.82. The van der Waals surface area contributed by atoms with Gasteiger partial charge in [0.1, 0.15) is 0 Å². The summed E-state index contributed by atoms with van der Waals surface area (Å²) in [7, 11) is 0. The predicted octanol–water partition coefficient (Wildman–Crippen LogP) is 5.07. The second-order valence-electron chi connectivity index (χ2n) is 5.42. The summed E-state index contributed by atoms with van der Waals surface area (Å²) in [5, 5.41) is 0. The number of aryl methyl sites for hydroxylation is 1. The summed E-state index contributed by atoms with van der Waals surface area (Å²) in [6.45, 7) is 6.58. The Hall–Kier alpha value is -0.640. The Kier molecular flexibility index (Phi) is 4.82. The lowest BCUT2D eigenvalue weighted by Gasteiger charge is -2.11. The zero-order valence-electron chi connectivity index (χ0n) is 11.6. The van der Waals surface area contributed by atoms with Crippen molar-refractivity contribution >= 4 is 27.3 Å². The van der Waals surface area contributed by atoms with Gasteiger partial charge in [-0.1, -0.05) is 38.1 Å². The third-order valence-electron chi connectivity index (χ3n) is 3.17. The van der Waals surface area contributed by atoms with Crippen LogP contribution in [0, 0.1) is 12.8 Å². The van der Waals surface area contributed by atoms with Gasteiger partial charge in [-0.3, -0.25) is 0 Å². The van der Waals surface area contributed by atoms with Gasteiger partial charge in [0.2, 0.25) is 0 Å². The minimum atomic E-state index is -0.0249. The third-order valence-corrected chi connectivity index (χ3v) is 5.39. The van der Waals surface area contributed by atoms with Crippen LogP contribution in [0.2, 0.25) is 0 Å². The highest BCUT2D eigenvalue weighted by Gasteiger charge is 2.13. The molecule has 2 aromatic rings. The van der Waals surface area contributed by atoms with E-state index in [2.05, 4.69) is 67.0 Å². The molecule has 1 aromatic carbocycles. The average molecular weight is 338 g/mol. The molecule has 2 rings (SSSR count). The van der Waals surface area contributed by atoms with E-state index in [1.807, 2.05) is 0 Å². The van der Waals surface area contributed by atoms with Crippen molar-refractivity contribution in [3.05, 3.63) is 55.7 Å². The van der Waals surface area contributed by atoms with Crippen LogP contribution in [0.15, 0.2) is 34.1 Å². The molecule has 0 aliphatic heterocycles. The smallest absolute Gasteiger partial charge is 0.0731 e. The summed E-state index contributed by atoms with van der Waals surface area (Å²) >= 11 is 5.28. The molecular weight excluding hydrogens is 318 g/mol. The lowest BCUT2D eigenvalue weighted by atomic mass is 9.99. The Labute approximate surface area is 128 Å². The van der Waals surface area contributed by atoms with Gasteiger partial charge in [0.05, 0.1) is 9.83 Å². The van der Waals surface area contributed by atoms with Crippen molar-refractivity contribution < 1.29 is 0 Å². The third kappa shape index (κ3) is 3.68. The maximum Gasteiger partial charge on any atom is 0.0731 e. The molecule has 1 heterocycles. The highest BCUT2D eigenvalue weighted by molar-refractivity contribution is 9.11. The van der Waals surface area contributed by atoms with Crippen molar-refractivity contribution in [1.29, 1.82) is 0 Å². The van der Waals surface area contributed by atoms with E-state index in [1.165, 1.54) is 25.4 Å². The molecule has 19 heavy (non-hydrogen) atoms. The average Bonchev–Trinajstić information content (AvgIpc) is 2.69. The molecule has 0 radical (unpaired) electrons. The quantitative estimate of drug-likeness (QED) is 0.828. The van der Waals surface area contributed by atoms with E-state index < -0.39 is 0 Å². The van der Waals surface area contributed by atoms with Crippen molar-refractivity contribution in [2.45, 2.75) is 33.2 Å². The molecule has 102 valence electrons. The highest BCUT2D eigenvalue weighted by atomic mass is 79.9. The summed E-state index contributed by atoms with van der Waals surface area (Å²) < 4.78 is 1.18. The molecular formula is C16H20BrNS. The van der Waals surface area contributed by atoms with Gasteiger partial charge < -0.3 is 5.73 Å². The van der Waals surface area contributed by atoms with E-state index in [-0.39, 0.29) is 6.04 Å². The highest BCUT2D eigenvalue weighted by Crippen LogP contribution is 2.33. The number of hydrogen-bond acceptors (Lipinski definition) is 2. The number of halogens is 1. The SMILES string of the molecule is Cc1cc(C(N)c2ccc(CC(C)C)cc2)sc1Br. The van der Waals surface area contributed by atoms with Gasteiger partial charge in [-0.15, -0.1) is 11.3 Å². The lowest BCUT2D eigenvalue weighted by molar-refractivity contribution is 0.647. The maximum atomic E-state index is 6.34. The maximum absolute atomic E-state index is 6.34. The van der Waals surface area contributed by atoms with Gasteiger partial charge in [0.25, 0.3) is 0 Å². The number of hydrogen-bond donors (Lipinski definition) is 1. The molecule has 0 aliphatic rings. The van der Waals surface area contributed by atoms with Crippen LogP contribution in [0.3, 0.4) is 0 Å². The van der Waals surface area contributed by atoms with Crippen LogP contribution in [0.1, 0.15) is 41.5 Å². The first-order valence-corrected chi connectivity index (χ1v) is 8.18. The molecule has 3 heteroatoms. The summed E-state index contributed by atoms with van der Waals surface area (Å²) in [6.07, 6.45) is 1.12. The molecule has 1 atom stereocenters. The molecule has 0 saturated carbocycles. The monoisotopic (exact) mass is 337 g/mol. The number of rotatable bonds is 4. The second kappa shape index (κ2) is 6.21. The van der Waals surface area contributed by atoms with Gasteiger partial charge in [0.15, 0.2) is 0 Å². The molecule has 0 amide bonds. The Morgan fingerprint density at radius 3 is 2.32 bits per heavy atom. The molecule has 0 aliphatic carbocycles. The zero-order valence-corrected chi connectivity index (χ0v) is 14.0. The van der Waals surface area contributed by atoms with Crippen LogP contribution in [0.4, 0.5) is 0 Å². The number of nitrogens with two attached hydrogens (primary N) is 1. The van der Waals surface area contributed by atoms with E-state index in [9.17, 15) is 0 Å². The van der Waals surface area contributed by atoms with Crippen LogP contribution < -0.4 is 5.73 Å². The van der Waals surface area contributed by atoms with Crippen molar-refractivity contribution in [1.82, 2.24) is 0 Å². The van der Waals surface area contributed by atoms with Crippen LogP contribution in [0.5, 0.6) is 0 Å². The first-order valence-electron chi connectivity index (χ1n) is 6.57. The van der Waals surface area contributed by atoms with Gasteiger partial charge in [0, 0.05) is 4.88 Å². The van der Waals surface area contributed by atoms with Crippen molar-refractivity contribution in [3.8, 4) is 0 Å². The van der Waals surface area contributed by atoms with E-state index in [4.69, 9.17) is 5.73 Å². The van der Waals surface area contributed by atoms with Crippen LogP contribution >= 0.6 is 27.3 Å². The van der Waals surface area contributed by atoms with Gasteiger partial charge >= 0.3 is 0 Å². The lowest BCUT2D eigenvalue weighted by Crippen LogP contribution is -2.10. The minimum absolute atomic E-state index is 0.0249. The Balaban J connectivity index is 2.17. The molecule has 0 fully saturated rings. The van der Waals surface area contributed by atoms with E-state index in [0.29, 0.717) is 5.92 Å². The topological polar surface area (TPSA) is 26.0 Å². The fourth-order valence-corrected chi connectivity index (χ4v) is 3.73. The summed E-state index contributed by atoms with van der Waals surface area (Å²) in [6, 6.07) is 10.9. The first kappa shape index (κ1) is 14.8. The van der Waals surface area contributed by atoms with E-state index in [0.717, 1.165) is 6.42 Å². The fourth-order valence-electron chi connectivity index (χ4n) is 2.13. The molecule has 1 nitrogen and oxygen atoms in total. The van der Waals surface area contributed by atoms with E-state index in [1.54, 1.807) is 11.3 Å². The van der Waals surface area contributed by atoms with E-state index >= 15 is 0 Å². The first-order chi connectivity index (χ1) is 8.97. The predicted molar refractivity (Wildman–Crippen MR) is 87.8 cm³/mol. The Morgan fingerprint density at radius 2 is 1.84 bits per heavy atom. The molecule has 2 N–H and O–H groups in total.